The van der Waals surface area contributed by atoms with Crippen LogP contribution in [0.1, 0.15) is 90.9 Å². The van der Waals surface area contributed by atoms with E-state index < -0.39 is 0 Å². The summed E-state index contributed by atoms with van der Waals surface area (Å²) < 4.78 is 0. The van der Waals surface area contributed by atoms with Gasteiger partial charge in [0, 0.05) is 16.2 Å². The standard InChI is InChI=1S/C25H35Cl2NO2S/c1-17(2)11-14-25(12-7-4-8-13-25)24(30)28-21-15-19(26)20(27)16-22(21)31-23(29)18-9-5-3-6-10-18/h15-18H,3-14H2,1-2H3,(H,28,30). The van der Waals surface area contributed by atoms with Crippen molar-refractivity contribution in [3.8, 4) is 0 Å². The molecule has 0 unspecified atom stereocenters. The zero-order chi connectivity index (χ0) is 22.4. The van der Waals surface area contributed by atoms with Crippen molar-refractivity contribution in [2.24, 2.45) is 17.3 Å². The van der Waals surface area contributed by atoms with E-state index in [1.54, 1.807) is 12.1 Å². The molecule has 1 amide bonds. The van der Waals surface area contributed by atoms with Crippen LogP contribution in [-0.2, 0) is 9.59 Å². The summed E-state index contributed by atoms with van der Waals surface area (Å²) in [5, 5.41) is 4.14. The molecule has 0 saturated heterocycles. The number of rotatable bonds is 7. The molecule has 2 fully saturated rings. The van der Waals surface area contributed by atoms with E-state index in [1.165, 1.54) is 24.6 Å². The summed E-state index contributed by atoms with van der Waals surface area (Å²) >= 11 is 13.8. The highest BCUT2D eigenvalue weighted by Crippen LogP contribution is 2.44. The van der Waals surface area contributed by atoms with Gasteiger partial charge in [0.2, 0.25) is 5.91 Å². The van der Waals surface area contributed by atoms with Crippen molar-refractivity contribution in [2.75, 3.05) is 5.32 Å². The van der Waals surface area contributed by atoms with Gasteiger partial charge in [0.05, 0.1) is 15.7 Å². The zero-order valence-corrected chi connectivity index (χ0v) is 21.1. The molecule has 2 aliphatic carbocycles. The Bertz CT molecular complexity index is 784. The maximum atomic E-state index is 13.6. The number of hydrogen-bond donors (Lipinski definition) is 1. The fourth-order valence-corrected chi connectivity index (χ4v) is 6.29. The fourth-order valence-electron chi connectivity index (χ4n) is 4.88. The number of halogens is 2. The molecule has 2 saturated carbocycles. The van der Waals surface area contributed by atoms with Crippen LogP contribution in [-0.4, -0.2) is 11.0 Å². The maximum Gasteiger partial charge on any atom is 0.230 e. The van der Waals surface area contributed by atoms with Gasteiger partial charge in [0.15, 0.2) is 5.12 Å². The number of carbonyl (C=O) groups excluding carboxylic acids is 2. The first-order valence-corrected chi connectivity index (χ1v) is 13.4. The molecule has 0 aliphatic heterocycles. The van der Waals surface area contributed by atoms with Crippen molar-refractivity contribution >= 4 is 51.7 Å². The van der Waals surface area contributed by atoms with Gasteiger partial charge >= 0.3 is 0 Å². The van der Waals surface area contributed by atoms with E-state index in [0.717, 1.165) is 64.2 Å². The second kappa shape index (κ2) is 11.4. The molecule has 0 radical (unpaired) electrons. The van der Waals surface area contributed by atoms with E-state index in [9.17, 15) is 9.59 Å². The predicted octanol–water partition coefficient (Wildman–Crippen LogP) is 8.52. The van der Waals surface area contributed by atoms with Crippen LogP contribution in [0.15, 0.2) is 17.0 Å². The number of nitrogens with one attached hydrogen (secondary N) is 1. The van der Waals surface area contributed by atoms with Crippen LogP contribution in [0.25, 0.3) is 0 Å². The fraction of sp³-hybridized carbons (Fsp3) is 0.680. The van der Waals surface area contributed by atoms with Crippen LogP contribution >= 0.6 is 35.0 Å². The summed E-state index contributed by atoms with van der Waals surface area (Å²) in [5.41, 5.74) is 0.285. The lowest BCUT2D eigenvalue weighted by atomic mass is 9.69. The molecule has 3 rings (SSSR count). The molecule has 0 spiro atoms. The van der Waals surface area contributed by atoms with Gasteiger partial charge in [-0.05, 0) is 68.3 Å². The topological polar surface area (TPSA) is 46.2 Å². The van der Waals surface area contributed by atoms with Gasteiger partial charge in [-0.25, -0.2) is 0 Å². The minimum absolute atomic E-state index is 0.0678. The first kappa shape index (κ1) is 24.9. The third kappa shape index (κ3) is 6.65. The molecule has 172 valence electrons. The highest BCUT2D eigenvalue weighted by Gasteiger charge is 2.39. The lowest BCUT2D eigenvalue weighted by molar-refractivity contribution is -0.128. The van der Waals surface area contributed by atoms with Crippen molar-refractivity contribution in [1.29, 1.82) is 0 Å². The summed E-state index contributed by atoms with van der Waals surface area (Å²) in [4.78, 5) is 27.2. The summed E-state index contributed by atoms with van der Waals surface area (Å²) in [7, 11) is 0. The van der Waals surface area contributed by atoms with Crippen LogP contribution in [0.5, 0.6) is 0 Å². The van der Waals surface area contributed by atoms with E-state index in [-0.39, 0.29) is 22.4 Å². The average molecular weight is 485 g/mol. The second-order valence-electron chi connectivity index (χ2n) is 9.75. The van der Waals surface area contributed by atoms with Crippen molar-refractivity contribution < 1.29 is 9.59 Å². The van der Waals surface area contributed by atoms with Crippen molar-refractivity contribution in [3.05, 3.63) is 22.2 Å². The quantitative estimate of drug-likeness (QED) is 0.395. The van der Waals surface area contributed by atoms with E-state index >= 15 is 0 Å². The van der Waals surface area contributed by atoms with Gasteiger partial charge in [-0.3, -0.25) is 9.59 Å². The maximum absolute atomic E-state index is 13.6. The molecule has 1 aromatic carbocycles. The molecular formula is C25H35Cl2NO2S. The van der Waals surface area contributed by atoms with Gasteiger partial charge < -0.3 is 5.32 Å². The van der Waals surface area contributed by atoms with E-state index in [2.05, 4.69) is 19.2 Å². The monoisotopic (exact) mass is 483 g/mol. The Labute approximate surface area is 201 Å². The van der Waals surface area contributed by atoms with Crippen LogP contribution in [0, 0.1) is 17.3 Å². The molecule has 31 heavy (non-hydrogen) atoms. The lowest BCUT2D eigenvalue weighted by Gasteiger charge is -2.36. The molecule has 0 atom stereocenters. The van der Waals surface area contributed by atoms with Gasteiger partial charge in [0.25, 0.3) is 0 Å². The molecular weight excluding hydrogens is 449 g/mol. The van der Waals surface area contributed by atoms with E-state index in [0.29, 0.717) is 26.5 Å². The zero-order valence-electron chi connectivity index (χ0n) is 18.8. The van der Waals surface area contributed by atoms with Gasteiger partial charge in [0.1, 0.15) is 0 Å². The third-order valence-electron chi connectivity index (χ3n) is 6.91. The highest BCUT2D eigenvalue weighted by atomic mass is 35.5. The largest absolute Gasteiger partial charge is 0.325 e. The minimum atomic E-state index is -0.329. The SMILES string of the molecule is CC(C)CCC1(C(=O)Nc2cc(Cl)c(Cl)cc2SC(=O)C2CCCCC2)CCCCC1. The van der Waals surface area contributed by atoms with Gasteiger partial charge in [-0.1, -0.05) is 75.6 Å². The predicted molar refractivity (Wildman–Crippen MR) is 132 cm³/mol. The van der Waals surface area contributed by atoms with E-state index in [4.69, 9.17) is 23.2 Å². The van der Waals surface area contributed by atoms with Crippen molar-refractivity contribution in [2.45, 2.75) is 95.8 Å². The van der Waals surface area contributed by atoms with Crippen molar-refractivity contribution in [1.82, 2.24) is 0 Å². The van der Waals surface area contributed by atoms with Crippen LogP contribution in [0.2, 0.25) is 10.0 Å². The lowest BCUT2D eigenvalue weighted by Crippen LogP contribution is -2.38. The molecule has 6 heteroatoms. The Morgan fingerprint density at radius 2 is 1.65 bits per heavy atom. The highest BCUT2D eigenvalue weighted by molar-refractivity contribution is 8.13. The number of carbonyl (C=O) groups is 2. The summed E-state index contributed by atoms with van der Waals surface area (Å²) in [6.07, 6.45) is 12.5. The molecule has 0 bridgehead atoms. The number of thioether (sulfide) groups is 1. The van der Waals surface area contributed by atoms with Gasteiger partial charge in [-0.2, -0.15) is 0 Å². The molecule has 2 aliphatic rings. The Morgan fingerprint density at radius 3 is 2.29 bits per heavy atom. The first-order valence-electron chi connectivity index (χ1n) is 11.8. The Kier molecular flexibility index (Phi) is 9.19. The third-order valence-corrected chi connectivity index (χ3v) is 8.73. The Balaban J connectivity index is 1.80. The summed E-state index contributed by atoms with van der Waals surface area (Å²) in [5.74, 6) is 0.724. The van der Waals surface area contributed by atoms with Crippen LogP contribution in [0.4, 0.5) is 5.69 Å². The van der Waals surface area contributed by atoms with Gasteiger partial charge in [-0.15, -0.1) is 0 Å². The van der Waals surface area contributed by atoms with Crippen molar-refractivity contribution in [3.63, 3.8) is 0 Å². The Morgan fingerprint density at radius 1 is 1.03 bits per heavy atom. The molecule has 1 aromatic rings. The summed E-state index contributed by atoms with van der Waals surface area (Å²) in [6, 6.07) is 3.43. The second-order valence-corrected chi connectivity index (χ2v) is 11.6. The number of amides is 1. The number of anilines is 1. The first-order chi connectivity index (χ1) is 14.8. The van der Waals surface area contributed by atoms with Crippen LogP contribution in [0.3, 0.4) is 0 Å². The normalized spacial score (nSPS) is 19.4. The molecule has 1 N–H and O–H groups in total. The van der Waals surface area contributed by atoms with E-state index in [1.807, 2.05) is 0 Å². The Hall–Kier alpha value is -0.710. The number of hydrogen-bond acceptors (Lipinski definition) is 3. The summed E-state index contributed by atoms with van der Waals surface area (Å²) in [6.45, 7) is 4.41. The molecule has 0 heterocycles. The average Bonchev–Trinajstić information content (AvgIpc) is 2.77. The molecule has 3 nitrogen and oxygen atoms in total. The smallest absolute Gasteiger partial charge is 0.230 e. The van der Waals surface area contributed by atoms with Crippen LogP contribution < -0.4 is 5.32 Å². The minimum Gasteiger partial charge on any atom is -0.325 e. The molecule has 0 aromatic heterocycles. The number of benzene rings is 1.